The Morgan fingerprint density at radius 2 is 2.00 bits per heavy atom. The molecule has 2 aliphatic rings. The Balaban J connectivity index is 1.74. The highest BCUT2D eigenvalue weighted by Gasteiger charge is 2.44. The molecule has 2 saturated heterocycles. The maximum Gasteiger partial charge on any atom is 0.255 e. The van der Waals surface area contributed by atoms with Crippen LogP contribution in [0.1, 0.15) is 30.6 Å². The summed E-state index contributed by atoms with van der Waals surface area (Å²) in [6.45, 7) is 4.99. The van der Waals surface area contributed by atoms with Gasteiger partial charge in [-0.15, -0.1) is 0 Å². The van der Waals surface area contributed by atoms with Gasteiger partial charge in [-0.2, -0.15) is 0 Å². The van der Waals surface area contributed by atoms with Crippen molar-refractivity contribution >= 4 is 29.3 Å². The Labute approximate surface area is 152 Å². The fourth-order valence-corrected chi connectivity index (χ4v) is 3.64. The molecular formula is C18H22ClN3O3. The number of carbonyl (C=O) groups is 3. The zero-order valence-corrected chi connectivity index (χ0v) is 15.1. The molecule has 0 spiro atoms. The van der Waals surface area contributed by atoms with Crippen LogP contribution >= 0.6 is 11.6 Å². The van der Waals surface area contributed by atoms with E-state index in [0.717, 1.165) is 0 Å². The molecule has 0 saturated carbocycles. The summed E-state index contributed by atoms with van der Waals surface area (Å²) < 4.78 is 0. The molecule has 0 bridgehead atoms. The van der Waals surface area contributed by atoms with E-state index in [2.05, 4.69) is 5.32 Å². The maximum atomic E-state index is 12.7. The topological polar surface area (TPSA) is 69.7 Å². The van der Waals surface area contributed by atoms with E-state index >= 15 is 0 Å². The summed E-state index contributed by atoms with van der Waals surface area (Å²) in [6.07, 6.45) is 0.621. The first-order chi connectivity index (χ1) is 11.9. The predicted molar refractivity (Wildman–Crippen MR) is 94.2 cm³/mol. The molecule has 6 nitrogen and oxygen atoms in total. The smallest absolute Gasteiger partial charge is 0.255 e. The summed E-state index contributed by atoms with van der Waals surface area (Å²) in [7, 11) is 0. The molecule has 1 aromatic carbocycles. The maximum absolute atomic E-state index is 12.7. The van der Waals surface area contributed by atoms with Gasteiger partial charge >= 0.3 is 0 Å². The molecule has 3 rings (SSSR count). The standard InChI is InChI=1S/C18H22ClN3O3/c1-11(2)9-14-18(25)22-8-7-21(10-15(22)16(23)20-14)17(24)12-5-3-4-6-13(12)19/h3-6,11,14-15H,7-10H2,1-2H3,(H,20,23)/t14-,15-/m1/s1. The zero-order chi connectivity index (χ0) is 18.1. The molecule has 0 aliphatic carbocycles. The zero-order valence-electron chi connectivity index (χ0n) is 14.4. The molecule has 2 fully saturated rings. The minimum atomic E-state index is -0.629. The molecule has 2 atom stereocenters. The van der Waals surface area contributed by atoms with Crippen molar-refractivity contribution in [3.8, 4) is 0 Å². The largest absolute Gasteiger partial charge is 0.342 e. The van der Waals surface area contributed by atoms with E-state index in [1.54, 1.807) is 34.1 Å². The monoisotopic (exact) mass is 363 g/mol. The minimum absolute atomic E-state index is 0.0526. The number of hydrogen-bond acceptors (Lipinski definition) is 3. The molecule has 2 aliphatic heterocycles. The molecule has 134 valence electrons. The van der Waals surface area contributed by atoms with Gasteiger partial charge in [0.1, 0.15) is 12.1 Å². The lowest BCUT2D eigenvalue weighted by molar-refractivity contribution is -0.152. The van der Waals surface area contributed by atoms with Gasteiger partial charge < -0.3 is 15.1 Å². The number of rotatable bonds is 3. The van der Waals surface area contributed by atoms with Gasteiger partial charge in [-0.05, 0) is 24.5 Å². The molecule has 1 N–H and O–H groups in total. The van der Waals surface area contributed by atoms with Crippen molar-refractivity contribution in [2.24, 2.45) is 5.92 Å². The normalized spacial score (nSPS) is 23.5. The lowest BCUT2D eigenvalue weighted by Gasteiger charge is -2.45. The van der Waals surface area contributed by atoms with Crippen LogP contribution in [0.4, 0.5) is 0 Å². The van der Waals surface area contributed by atoms with Crippen LogP contribution in [-0.4, -0.2) is 59.2 Å². The Morgan fingerprint density at radius 1 is 1.28 bits per heavy atom. The summed E-state index contributed by atoms with van der Waals surface area (Å²) in [5, 5.41) is 3.20. The molecule has 2 heterocycles. The average Bonchev–Trinajstić information content (AvgIpc) is 2.58. The van der Waals surface area contributed by atoms with Crippen molar-refractivity contribution in [3.05, 3.63) is 34.9 Å². The number of nitrogens with one attached hydrogen (secondary N) is 1. The number of hydrogen-bond donors (Lipinski definition) is 1. The Morgan fingerprint density at radius 3 is 2.68 bits per heavy atom. The minimum Gasteiger partial charge on any atom is -0.342 e. The van der Waals surface area contributed by atoms with E-state index in [-0.39, 0.29) is 24.3 Å². The van der Waals surface area contributed by atoms with Gasteiger partial charge in [0.15, 0.2) is 0 Å². The highest BCUT2D eigenvalue weighted by atomic mass is 35.5. The Hall–Kier alpha value is -2.08. The highest BCUT2D eigenvalue weighted by Crippen LogP contribution is 2.23. The van der Waals surface area contributed by atoms with Crippen LogP contribution in [0, 0.1) is 5.92 Å². The van der Waals surface area contributed by atoms with Gasteiger partial charge in [0.2, 0.25) is 11.8 Å². The van der Waals surface area contributed by atoms with Crippen molar-refractivity contribution < 1.29 is 14.4 Å². The van der Waals surface area contributed by atoms with Crippen molar-refractivity contribution in [2.75, 3.05) is 19.6 Å². The highest BCUT2D eigenvalue weighted by molar-refractivity contribution is 6.33. The van der Waals surface area contributed by atoms with E-state index in [4.69, 9.17) is 11.6 Å². The first-order valence-electron chi connectivity index (χ1n) is 8.53. The van der Waals surface area contributed by atoms with Crippen LogP contribution in [0.15, 0.2) is 24.3 Å². The van der Waals surface area contributed by atoms with Gasteiger partial charge in [-0.3, -0.25) is 14.4 Å². The second-order valence-corrected chi connectivity index (χ2v) is 7.38. The average molecular weight is 364 g/mol. The van der Waals surface area contributed by atoms with Crippen molar-refractivity contribution in [1.82, 2.24) is 15.1 Å². The number of halogens is 1. The van der Waals surface area contributed by atoms with Crippen LogP contribution < -0.4 is 5.32 Å². The molecule has 1 aromatic rings. The van der Waals surface area contributed by atoms with Gasteiger partial charge in [-0.25, -0.2) is 0 Å². The van der Waals surface area contributed by atoms with E-state index in [1.165, 1.54) is 0 Å². The first kappa shape index (κ1) is 17.7. The van der Waals surface area contributed by atoms with Crippen molar-refractivity contribution in [3.63, 3.8) is 0 Å². The third-order valence-corrected chi connectivity index (χ3v) is 5.01. The van der Waals surface area contributed by atoms with Gasteiger partial charge in [0, 0.05) is 13.1 Å². The lowest BCUT2D eigenvalue weighted by Crippen LogP contribution is -2.69. The molecule has 0 radical (unpaired) electrons. The van der Waals surface area contributed by atoms with Crippen LogP contribution in [0.2, 0.25) is 5.02 Å². The fourth-order valence-electron chi connectivity index (χ4n) is 3.42. The molecule has 25 heavy (non-hydrogen) atoms. The number of piperazine rings is 2. The Kier molecular flexibility index (Phi) is 4.99. The van der Waals surface area contributed by atoms with E-state index < -0.39 is 12.1 Å². The number of nitrogens with zero attached hydrogens (tertiary/aromatic N) is 2. The van der Waals surface area contributed by atoms with Crippen LogP contribution in [0.3, 0.4) is 0 Å². The van der Waals surface area contributed by atoms with E-state index in [9.17, 15) is 14.4 Å². The fraction of sp³-hybridized carbons (Fsp3) is 0.500. The third-order valence-electron chi connectivity index (χ3n) is 4.68. The SMILES string of the molecule is CC(C)C[C@H]1NC(=O)[C@H]2CN(C(=O)c3ccccc3Cl)CCN2C1=O. The van der Waals surface area contributed by atoms with Crippen molar-refractivity contribution in [1.29, 1.82) is 0 Å². The summed E-state index contributed by atoms with van der Waals surface area (Å²) in [5.74, 6) is -0.145. The molecule has 0 unspecified atom stereocenters. The van der Waals surface area contributed by atoms with Crippen molar-refractivity contribution in [2.45, 2.75) is 32.4 Å². The van der Waals surface area contributed by atoms with E-state index in [1.807, 2.05) is 13.8 Å². The number of benzene rings is 1. The molecule has 0 aromatic heterocycles. The first-order valence-corrected chi connectivity index (χ1v) is 8.91. The summed E-state index contributed by atoms with van der Waals surface area (Å²) in [6, 6.07) is 5.76. The van der Waals surface area contributed by atoms with Crippen LogP contribution in [0.25, 0.3) is 0 Å². The van der Waals surface area contributed by atoms with E-state index in [0.29, 0.717) is 36.0 Å². The summed E-state index contributed by atoms with van der Waals surface area (Å²) >= 11 is 6.10. The summed E-state index contributed by atoms with van der Waals surface area (Å²) in [5.41, 5.74) is 0.415. The number of carbonyl (C=O) groups excluding carboxylic acids is 3. The Bertz CT molecular complexity index is 707. The second kappa shape index (κ2) is 7.04. The van der Waals surface area contributed by atoms with Gasteiger partial charge in [-0.1, -0.05) is 37.6 Å². The molecular weight excluding hydrogens is 342 g/mol. The third kappa shape index (κ3) is 3.49. The lowest BCUT2D eigenvalue weighted by atomic mass is 9.97. The molecule has 3 amide bonds. The molecule has 7 heteroatoms. The van der Waals surface area contributed by atoms with Crippen LogP contribution in [-0.2, 0) is 9.59 Å². The quantitative estimate of drug-likeness (QED) is 0.885. The van der Waals surface area contributed by atoms with Gasteiger partial charge in [0.25, 0.3) is 5.91 Å². The number of fused-ring (bicyclic) bond motifs is 1. The second-order valence-electron chi connectivity index (χ2n) is 6.97. The predicted octanol–water partition coefficient (Wildman–Crippen LogP) is 1.54. The number of amides is 3. The van der Waals surface area contributed by atoms with Crippen LogP contribution in [0.5, 0.6) is 0 Å². The summed E-state index contributed by atoms with van der Waals surface area (Å²) in [4.78, 5) is 41.0. The van der Waals surface area contributed by atoms with Gasteiger partial charge in [0.05, 0.1) is 17.1 Å².